The van der Waals surface area contributed by atoms with E-state index >= 15 is 0 Å². The van der Waals surface area contributed by atoms with Crippen LogP contribution < -0.4 is 5.32 Å². The standard InChI is InChI=1S/C12H25NOS/c1-10(14)5-4-6-13-11-7-12(2,3)9-15-8-11/h10-11,13-14H,4-9H2,1-3H3. The van der Waals surface area contributed by atoms with Crippen molar-refractivity contribution in [2.24, 2.45) is 5.41 Å². The molecule has 1 aliphatic heterocycles. The number of rotatable bonds is 5. The molecule has 0 aromatic heterocycles. The molecule has 1 aliphatic rings. The van der Waals surface area contributed by atoms with Crippen LogP contribution in [0.5, 0.6) is 0 Å². The maximum absolute atomic E-state index is 9.14. The highest BCUT2D eigenvalue weighted by atomic mass is 32.2. The summed E-state index contributed by atoms with van der Waals surface area (Å²) in [5.41, 5.74) is 0.491. The molecule has 0 amide bonds. The van der Waals surface area contributed by atoms with Gasteiger partial charge < -0.3 is 10.4 Å². The first-order chi connectivity index (χ1) is 6.99. The van der Waals surface area contributed by atoms with Crippen LogP contribution in [-0.4, -0.2) is 35.3 Å². The summed E-state index contributed by atoms with van der Waals surface area (Å²) in [4.78, 5) is 0. The van der Waals surface area contributed by atoms with Crippen LogP contribution in [0.1, 0.15) is 40.0 Å². The van der Waals surface area contributed by atoms with E-state index in [1.807, 2.05) is 6.92 Å². The van der Waals surface area contributed by atoms with Gasteiger partial charge in [-0.1, -0.05) is 13.8 Å². The lowest BCUT2D eigenvalue weighted by Gasteiger charge is -2.35. The molecule has 0 aliphatic carbocycles. The van der Waals surface area contributed by atoms with Gasteiger partial charge in [-0.15, -0.1) is 0 Å². The van der Waals surface area contributed by atoms with Gasteiger partial charge in [-0.3, -0.25) is 0 Å². The smallest absolute Gasteiger partial charge is 0.0512 e. The van der Waals surface area contributed by atoms with Gasteiger partial charge in [0.25, 0.3) is 0 Å². The molecule has 2 N–H and O–H groups in total. The maximum atomic E-state index is 9.14. The van der Waals surface area contributed by atoms with Crippen molar-refractivity contribution in [2.75, 3.05) is 18.1 Å². The fourth-order valence-electron chi connectivity index (χ4n) is 2.10. The number of hydrogen-bond donors (Lipinski definition) is 2. The molecule has 2 unspecified atom stereocenters. The van der Waals surface area contributed by atoms with E-state index in [2.05, 4.69) is 30.9 Å². The van der Waals surface area contributed by atoms with Crippen LogP contribution in [0.2, 0.25) is 0 Å². The van der Waals surface area contributed by atoms with Crippen LogP contribution in [0.3, 0.4) is 0 Å². The van der Waals surface area contributed by atoms with Gasteiger partial charge in [0.2, 0.25) is 0 Å². The summed E-state index contributed by atoms with van der Waals surface area (Å²) in [5.74, 6) is 2.54. The Hall–Kier alpha value is 0.270. The van der Waals surface area contributed by atoms with Crippen molar-refractivity contribution in [1.29, 1.82) is 0 Å². The monoisotopic (exact) mass is 231 g/mol. The molecule has 2 nitrogen and oxygen atoms in total. The number of thioether (sulfide) groups is 1. The number of aliphatic hydroxyl groups is 1. The molecule has 1 saturated heterocycles. The molecule has 1 fully saturated rings. The second kappa shape index (κ2) is 6.12. The van der Waals surface area contributed by atoms with Gasteiger partial charge >= 0.3 is 0 Å². The summed E-state index contributed by atoms with van der Waals surface area (Å²) < 4.78 is 0. The average Bonchev–Trinajstić information content (AvgIpc) is 2.10. The van der Waals surface area contributed by atoms with Crippen molar-refractivity contribution >= 4 is 11.8 Å². The molecule has 0 aromatic rings. The highest BCUT2D eigenvalue weighted by Crippen LogP contribution is 2.33. The molecular formula is C12H25NOS. The highest BCUT2D eigenvalue weighted by Gasteiger charge is 2.27. The van der Waals surface area contributed by atoms with Crippen molar-refractivity contribution in [3.8, 4) is 0 Å². The minimum Gasteiger partial charge on any atom is -0.393 e. The Morgan fingerprint density at radius 3 is 2.87 bits per heavy atom. The van der Waals surface area contributed by atoms with E-state index in [1.54, 1.807) is 0 Å². The summed E-state index contributed by atoms with van der Waals surface area (Å²) >= 11 is 2.06. The molecule has 0 radical (unpaired) electrons. The number of aliphatic hydroxyl groups excluding tert-OH is 1. The number of hydrogen-bond acceptors (Lipinski definition) is 3. The molecular weight excluding hydrogens is 206 g/mol. The zero-order valence-corrected chi connectivity index (χ0v) is 11.1. The molecule has 2 atom stereocenters. The number of nitrogens with one attached hydrogen (secondary N) is 1. The quantitative estimate of drug-likeness (QED) is 0.712. The Kier molecular flexibility index (Phi) is 5.44. The predicted molar refractivity (Wildman–Crippen MR) is 68.4 cm³/mol. The molecule has 15 heavy (non-hydrogen) atoms. The van der Waals surface area contributed by atoms with Crippen molar-refractivity contribution < 1.29 is 5.11 Å². The van der Waals surface area contributed by atoms with E-state index in [-0.39, 0.29) is 6.10 Å². The predicted octanol–water partition coefficient (Wildman–Crippen LogP) is 2.27. The SMILES string of the molecule is CC(O)CCCNC1CSCC(C)(C)C1. The van der Waals surface area contributed by atoms with Crippen molar-refractivity contribution in [1.82, 2.24) is 5.32 Å². The second-order valence-corrected chi connectivity index (χ2v) is 6.56. The summed E-state index contributed by atoms with van der Waals surface area (Å²) in [5, 5.41) is 12.7. The zero-order chi connectivity index (χ0) is 11.3. The van der Waals surface area contributed by atoms with E-state index in [4.69, 9.17) is 5.11 Å². The van der Waals surface area contributed by atoms with Crippen LogP contribution in [0.4, 0.5) is 0 Å². The summed E-state index contributed by atoms with van der Waals surface area (Å²) in [7, 11) is 0. The first-order valence-electron chi connectivity index (χ1n) is 5.99. The summed E-state index contributed by atoms with van der Waals surface area (Å²) in [6.45, 7) is 7.61. The lowest BCUT2D eigenvalue weighted by atomic mass is 9.88. The van der Waals surface area contributed by atoms with Crippen molar-refractivity contribution in [3.05, 3.63) is 0 Å². The zero-order valence-electron chi connectivity index (χ0n) is 10.3. The molecule has 0 saturated carbocycles. The maximum Gasteiger partial charge on any atom is 0.0512 e. The molecule has 3 heteroatoms. The average molecular weight is 231 g/mol. The Morgan fingerprint density at radius 2 is 2.27 bits per heavy atom. The molecule has 90 valence electrons. The normalized spacial score (nSPS) is 27.6. The van der Waals surface area contributed by atoms with E-state index in [0.29, 0.717) is 11.5 Å². The van der Waals surface area contributed by atoms with Crippen LogP contribution in [-0.2, 0) is 0 Å². The summed E-state index contributed by atoms with van der Waals surface area (Å²) in [6.07, 6.45) is 3.13. The van der Waals surface area contributed by atoms with Crippen LogP contribution in [0, 0.1) is 5.41 Å². The Bertz CT molecular complexity index is 182. The lowest BCUT2D eigenvalue weighted by molar-refractivity contribution is 0.180. The van der Waals surface area contributed by atoms with Gasteiger partial charge in [-0.05, 0) is 43.9 Å². The largest absolute Gasteiger partial charge is 0.393 e. The first-order valence-corrected chi connectivity index (χ1v) is 7.14. The van der Waals surface area contributed by atoms with Gasteiger partial charge in [0.15, 0.2) is 0 Å². The fourth-order valence-corrected chi connectivity index (χ4v) is 3.41. The van der Waals surface area contributed by atoms with Crippen LogP contribution in [0.25, 0.3) is 0 Å². The third-order valence-corrected chi connectivity index (χ3v) is 4.47. The minimum absolute atomic E-state index is 0.149. The van der Waals surface area contributed by atoms with Gasteiger partial charge in [0, 0.05) is 11.8 Å². The molecule has 0 spiro atoms. The first kappa shape index (κ1) is 13.3. The highest BCUT2D eigenvalue weighted by molar-refractivity contribution is 7.99. The van der Waals surface area contributed by atoms with Gasteiger partial charge in [-0.25, -0.2) is 0 Å². The topological polar surface area (TPSA) is 32.3 Å². The van der Waals surface area contributed by atoms with Gasteiger partial charge in [-0.2, -0.15) is 11.8 Å². The second-order valence-electron chi connectivity index (χ2n) is 5.53. The Balaban J connectivity index is 2.11. The third kappa shape index (κ3) is 5.79. The molecule has 0 bridgehead atoms. The Morgan fingerprint density at radius 1 is 1.53 bits per heavy atom. The summed E-state index contributed by atoms with van der Waals surface area (Å²) in [6, 6.07) is 0.674. The molecule has 0 aromatic carbocycles. The van der Waals surface area contributed by atoms with Crippen LogP contribution >= 0.6 is 11.8 Å². The van der Waals surface area contributed by atoms with Crippen molar-refractivity contribution in [3.63, 3.8) is 0 Å². The van der Waals surface area contributed by atoms with Crippen LogP contribution in [0.15, 0.2) is 0 Å². The fraction of sp³-hybridized carbons (Fsp3) is 1.00. The van der Waals surface area contributed by atoms with E-state index < -0.39 is 0 Å². The van der Waals surface area contributed by atoms with E-state index in [0.717, 1.165) is 19.4 Å². The molecule has 1 heterocycles. The van der Waals surface area contributed by atoms with Crippen molar-refractivity contribution in [2.45, 2.75) is 52.2 Å². The van der Waals surface area contributed by atoms with Gasteiger partial charge in [0.1, 0.15) is 0 Å². The lowest BCUT2D eigenvalue weighted by Crippen LogP contribution is -2.40. The van der Waals surface area contributed by atoms with E-state index in [1.165, 1.54) is 17.9 Å². The molecule has 1 rings (SSSR count). The minimum atomic E-state index is -0.149. The Labute approximate surface area is 98.2 Å². The van der Waals surface area contributed by atoms with Gasteiger partial charge in [0.05, 0.1) is 6.10 Å². The van der Waals surface area contributed by atoms with E-state index in [9.17, 15) is 0 Å². The third-order valence-electron chi connectivity index (χ3n) is 2.84.